The molecule has 1 aromatic carbocycles. The van der Waals surface area contributed by atoms with Crippen molar-refractivity contribution in [2.45, 2.75) is 64.2 Å². The minimum Gasteiger partial charge on any atom is -0.444 e. The van der Waals surface area contributed by atoms with E-state index in [9.17, 15) is 14.7 Å². The molecule has 0 heterocycles. The summed E-state index contributed by atoms with van der Waals surface area (Å²) in [5, 5.41) is 16.2. The van der Waals surface area contributed by atoms with Gasteiger partial charge in [0.15, 0.2) is 0 Å². The number of fused-ring (bicyclic) bond motifs is 1. The Bertz CT molecular complexity index is 639. The first kappa shape index (κ1) is 19.2. The van der Waals surface area contributed by atoms with E-state index in [2.05, 4.69) is 10.6 Å². The number of amides is 2. The summed E-state index contributed by atoms with van der Waals surface area (Å²) < 4.78 is 5.14. The van der Waals surface area contributed by atoms with Crippen molar-refractivity contribution < 1.29 is 19.4 Å². The van der Waals surface area contributed by atoms with Crippen LogP contribution in [0.1, 0.15) is 51.7 Å². The van der Waals surface area contributed by atoms with Crippen LogP contribution in [0, 0.1) is 0 Å². The van der Waals surface area contributed by atoms with Gasteiger partial charge in [-0.1, -0.05) is 24.3 Å². The Hall–Kier alpha value is -2.08. The Balaban J connectivity index is 1.92. The predicted octanol–water partition coefficient (Wildman–Crippen LogP) is 2.24. The van der Waals surface area contributed by atoms with E-state index in [-0.39, 0.29) is 12.5 Å². The summed E-state index contributed by atoms with van der Waals surface area (Å²) in [4.78, 5) is 24.0. The van der Waals surface area contributed by atoms with Crippen LogP contribution in [0.15, 0.2) is 24.3 Å². The van der Waals surface area contributed by atoms with Crippen molar-refractivity contribution in [3.63, 3.8) is 0 Å². The number of rotatable bonds is 4. The van der Waals surface area contributed by atoms with E-state index in [1.165, 1.54) is 0 Å². The lowest BCUT2D eigenvalue weighted by Gasteiger charge is -2.35. The van der Waals surface area contributed by atoms with Gasteiger partial charge < -0.3 is 20.5 Å². The second-order valence-electron chi connectivity index (χ2n) is 7.63. The van der Waals surface area contributed by atoms with E-state index in [0.29, 0.717) is 6.42 Å². The third-order valence-corrected chi connectivity index (χ3v) is 4.24. The highest BCUT2D eigenvalue weighted by molar-refractivity contribution is 5.85. The molecular formula is C19H28N2O4. The van der Waals surface area contributed by atoms with E-state index in [1.807, 2.05) is 24.3 Å². The average molecular weight is 348 g/mol. The zero-order valence-electron chi connectivity index (χ0n) is 15.4. The Labute approximate surface area is 149 Å². The molecule has 6 heteroatoms. The molecule has 0 aromatic heterocycles. The third kappa shape index (κ3) is 5.19. The fraction of sp³-hybridized carbons (Fsp3) is 0.579. The molecule has 0 unspecified atom stereocenters. The molecule has 6 nitrogen and oxygen atoms in total. The number of carbonyl (C=O) groups excluding carboxylic acids is 2. The summed E-state index contributed by atoms with van der Waals surface area (Å²) in [7, 11) is 0. The maximum absolute atomic E-state index is 12.2. The summed E-state index contributed by atoms with van der Waals surface area (Å²) in [5.74, 6) is -0.359. The van der Waals surface area contributed by atoms with Gasteiger partial charge in [-0.15, -0.1) is 0 Å². The Kier molecular flexibility index (Phi) is 5.72. The first-order chi connectivity index (χ1) is 11.6. The minimum atomic E-state index is -1.07. The molecule has 0 spiro atoms. The monoisotopic (exact) mass is 348 g/mol. The van der Waals surface area contributed by atoms with Gasteiger partial charge in [0, 0.05) is 0 Å². The average Bonchev–Trinajstić information content (AvgIpc) is 2.51. The second kappa shape index (κ2) is 7.44. The van der Waals surface area contributed by atoms with Gasteiger partial charge >= 0.3 is 6.09 Å². The highest BCUT2D eigenvalue weighted by Gasteiger charge is 2.34. The number of hydrogen-bond donors (Lipinski definition) is 3. The van der Waals surface area contributed by atoms with Crippen molar-refractivity contribution in [2.75, 3.05) is 6.54 Å². The maximum Gasteiger partial charge on any atom is 0.408 e. The number of aliphatic hydroxyl groups is 1. The van der Waals surface area contributed by atoms with Gasteiger partial charge in [-0.3, -0.25) is 4.79 Å². The Morgan fingerprint density at radius 1 is 1.32 bits per heavy atom. The Morgan fingerprint density at radius 2 is 2.00 bits per heavy atom. The molecule has 2 atom stereocenters. The van der Waals surface area contributed by atoms with Crippen LogP contribution in [0.4, 0.5) is 4.79 Å². The first-order valence-corrected chi connectivity index (χ1v) is 8.69. The zero-order chi connectivity index (χ0) is 18.7. The molecule has 0 fully saturated rings. The SMILES string of the molecule is C[C@@H](NC(=O)OC(C)(C)C)C(=O)NC[C@@]1(O)CCCc2ccccc21. The number of benzene rings is 1. The number of nitrogens with one attached hydrogen (secondary N) is 2. The van der Waals surface area contributed by atoms with E-state index in [1.54, 1.807) is 27.7 Å². The van der Waals surface area contributed by atoms with Crippen LogP contribution >= 0.6 is 0 Å². The van der Waals surface area contributed by atoms with Crippen molar-refractivity contribution >= 4 is 12.0 Å². The summed E-state index contributed by atoms with van der Waals surface area (Å²) >= 11 is 0. The van der Waals surface area contributed by atoms with E-state index < -0.39 is 23.3 Å². The Morgan fingerprint density at radius 3 is 2.68 bits per heavy atom. The van der Waals surface area contributed by atoms with Crippen LogP contribution in [-0.2, 0) is 21.6 Å². The van der Waals surface area contributed by atoms with Crippen molar-refractivity contribution in [1.82, 2.24) is 10.6 Å². The molecule has 3 N–H and O–H groups in total. The van der Waals surface area contributed by atoms with Crippen LogP contribution in [0.5, 0.6) is 0 Å². The molecule has 25 heavy (non-hydrogen) atoms. The minimum absolute atomic E-state index is 0.114. The van der Waals surface area contributed by atoms with Crippen LogP contribution in [-0.4, -0.2) is 35.3 Å². The van der Waals surface area contributed by atoms with Crippen LogP contribution < -0.4 is 10.6 Å². The van der Waals surface area contributed by atoms with Gasteiger partial charge in [-0.25, -0.2) is 4.79 Å². The van der Waals surface area contributed by atoms with Gasteiger partial charge in [-0.2, -0.15) is 0 Å². The highest BCUT2D eigenvalue weighted by atomic mass is 16.6. The van der Waals surface area contributed by atoms with E-state index in [0.717, 1.165) is 24.0 Å². The molecule has 0 radical (unpaired) electrons. The lowest BCUT2D eigenvalue weighted by atomic mass is 9.79. The molecule has 1 aliphatic carbocycles. The lowest BCUT2D eigenvalue weighted by molar-refractivity contribution is -0.124. The predicted molar refractivity (Wildman–Crippen MR) is 95.1 cm³/mol. The van der Waals surface area contributed by atoms with Crippen molar-refractivity contribution in [3.05, 3.63) is 35.4 Å². The van der Waals surface area contributed by atoms with Gasteiger partial charge in [0.25, 0.3) is 0 Å². The molecule has 2 rings (SSSR count). The standard InChI is InChI=1S/C19H28N2O4/c1-13(21-17(23)25-18(2,3)4)16(22)20-12-19(24)11-7-9-14-8-5-6-10-15(14)19/h5-6,8,10,13,24H,7,9,11-12H2,1-4H3,(H,20,22)(H,21,23)/t13-,19+/m1/s1. The lowest BCUT2D eigenvalue weighted by Crippen LogP contribution is -2.50. The summed E-state index contributed by atoms with van der Waals surface area (Å²) in [6.45, 7) is 6.97. The van der Waals surface area contributed by atoms with Crippen LogP contribution in [0.2, 0.25) is 0 Å². The van der Waals surface area contributed by atoms with Gasteiger partial charge in [0.2, 0.25) is 5.91 Å². The van der Waals surface area contributed by atoms with Gasteiger partial charge in [-0.05, 0) is 58.1 Å². The fourth-order valence-electron chi connectivity index (χ4n) is 3.02. The zero-order valence-corrected chi connectivity index (χ0v) is 15.4. The van der Waals surface area contributed by atoms with Crippen LogP contribution in [0.25, 0.3) is 0 Å². The van der Waals surface area contributed by atoms with Crippen molar-refractivity contribution in [1.29, 1.82) is 0 Å². The number of ether oxygens (including phenoxy) is 1. The molecule has 138 valence electrons. The molecule has 1 aromatic rings. The number of alkyl carbamates (subject to hydrolysis) is 1. The summed E-state index contributed by atoms with van der Waals surface area (Å²) in [6.07, 6.45) is 1.76. The number of hydrogen-bond acceptors (Lipinski definition) is 4. The molecule has 2 amide bonds. The molecule has 1 aliphatic rings. The van der Waals surface area contributed by atoms with Crippen LogP contribution in [0.3, 0.4) is 0 Å². The third-order valence-electron chi connectivity index (χ3n) is 4.24. The molecule has 0 bridgehead atoms. The summed E-state index contributed by atoms with van der Waals surface area (Å²) in [6, 6.07) is 7.01. The number of aryl methyl sites for hydroxylation is 1. The maximum atomic E-state index is 12.2. The second-order valence-corrected chi connectivity index (χ2v) is 7.63. The molecular weight excluding hydrogens is 320 g/mol. The highest BCUT2D eigenvalue weighted by Crippen LogP contribution is 2.34. The molecule has 0 aliphatic heterocycles. The first-order valence-electron chi connectivity index (χ1n) is 8.69. The fourth-order valence-corrected chi connectivity index (χ4v) is 3.02. The topological polar surface area (TPSA) is 87.7 Å². The van der Waals surface area contributed by atoms with Crippen molar-refractivity contribution in [3.8, 4) is 0 Å². The van der Waals surface area contributed by atoms with Gasteiger partial charge in [0.1, 0.15) is 17.2 Å². The van der Waals surface area contributed by atoms with E-state index >= 15 is 0 Å². The smallest absolute Gasteiger partial charge is 0.408 e. The quantitative estimate of drug-likeness (QED) is 0.779. The molecule has 0 saturated heterocycles. The molecule has 0 saturated carbocycles. The number of carbonyl (C=O) groups is 2. The van der Waals surface area contributed by atoms with E-state index in [4.69, 9.17) is 4.74 Å². The van der Waals surface area contributed by atoms with Crippen molar-refractivity contribution in [2.24, 2.45) is 0 Å². The normalized spacial score (nSPS) is 21.0. The summed E-state index contributed by atoms with van der Waals surface area (Å²) in [5.41, 5.74) is 0.289. The van der Waals surface area contributed by atoms with Gasteiger partial charge in [0.05, 0.1) is 6.54 Å². The largest absolute Gasteiger partial charge is 0.444 e.